The van der Waals surface area contributed by atoms with Gasteiger partial charge < -0.3 is 10.1 Å². The first-order valence-electron chi connectivity index (χ1n) is 7.05. The summed E-state index contributed by atoms with van der Waals surface area (Å²) >= 11 is 0. The molecule has 1 aromatic rings. The highest BCUT2D eigenvalue weighted by Crippen LogP contribution is 2.18. The van der Waals surface area contributed by atoms with Gasteiger partial charge in [-0.2, -0.15) is 0 Å². The van der Waals surface area contributed by atoms with Crippen LogP contribution in [-0.2, 0) is 4.79 Å². The molecule has 0 bridgehead atoms. The van der Waals surface area contributed by atoms with Gasteiger partial charge in [-0.1, -0.05) is 39.3 Å². The van der Waals surface area contributed by atoms with Crippen molar-refractivity contribution in [2.24, 2.45) is 0 Å². The van der Waals surface area contributed by atoms with Crippen molar-refractivity contribution in [1.82, 2.24) is 5.32 Å². The van der Waals surface area contributed by atoms with Crippen LogP contribution in [0.3, 0.4) is 0 Å². The highest BCUT2D eigenvalue weighted by atomic mass is 16.5. The lowest BCUT2D eigenvalue weighted by Gasteiger charge is -2.13. The van der Waals surface area contributed by atoms with E-state index in [-0.39, 0.29) is 18.6 Å². The summed E-state index contributed by atoms with van der Waals surface area (Å²) in [6.07, 6.45) is 2.06. The van der Waals surface area contributed by atoms with Crippen LogP contribution in [0.25, 0.3) is 0 Å². The first-order valence-corrected chi connectivity index (χ1v) is 7.05. The summed E-state index contributed by atoms with van der Waals surface area (Å²) in [5.74, 6) is 1.18. The highest BCUT2D eigenvalue weighted by Gasteiger charge is 2.07. The van der Waals surface area contributed by atoms with E-state index in [1.807, 2.05) is 31.2 Å². The summed E-state index contributed by atoms with van der Waals surface area (Å²) in [6.45, 7) is 8.50. The van der Waals surface area contributed by atoms with Gasteiger partial charge in [0.1, 0.15) is 5.75 Å². The SMILES string of the molecule is CCC[C@H](C)NC(=O)COc1ccc(C(C)C)cc1. The molecule has 3 nitrogen and oxygen atoms in total. The molecule has 0 aliphatic rings. The maximum Gasteiger partial charge on any atom is 0.258 e. The van der Waals surface area contributed by atoms with Crippen LogP contribution in [0.1, 0.15) is 52.0 Å². The molecule has 1 N–H and O–H groups in total. The second-order valence-corrected chi connectivity index (χ2v) is 5.27. The van der Waals surface area contributed by atoms with Gasteiger partial charge in [-0.15, -0.1) is 0 Å². The Labute approximate surface area is 116 Å². The minimum absolute atomic E-state index is 0.0612. The molecule has 0 saturated carbocycles. The summed E-state index contributed by atoms with van der Waals surface area (Å²) in [5, 5.41) is 2.92. The van der Waals surface area contributed by atoms with Crippen molar-refractivity contribution < 1.29 is 9.53 Å². The Bertz CT molecular complexity index is 384. The average Bonchev–Trinajstić information content (AvgIpc) is 2.37. The molecule has 19 heavy (non-hydrogen) atoms. The van der Waals surface area contributed by atoms with Gasteiger partial charge in [0.25, 0.3) is 5.91 Å². The van der Waals surface area contributed by atoms with Crippen molar-refractivity contribution in [1.29, 1.82) is 0 Å². The molecular formula is C16H25NO2. The van der Waals surface area contributed by atoms with Crippen molar-refractivity contribution >= 4 is 5.91 Å². The fraction of sp³-hybridized carbons (Fsp3) is 0.562. The van der Waals surface area contributed by atoms with Crippen LogP contribution < -0.4 is 10.1 Å². The fourth-order valence-corrected chi connectivity index (χ4v) is 1.92. The minimum Gasteiger partial charge on any atom is -0.484 e. The summed E-state index contributed by atoms with van der Waals surface area (Å²) in [6, 6.07) is 8.12. The first kappa shape index (κ1) is 15.5. The van der Waals surface area contributed by atoms with Crippen LogP contribution in [0.2, 0.25) is 0 Å². The highest BCUT2D eigenvalue weighted by molar-refractivity contribution is 5.77. The number of rotatable bonds is 7. The molecule has 0 spiro atoms. The van der Waals surface area contributed by atoms with Crippen molar-refractivity contribution in [3.05, 3.63) is 29.8 Å². The maximum absolute atomic E-state index is 11.6. The summed E-state index contributed by atoms with van der Waals surface area (Å²) < 4.78 is 5.47. The van der Waals surface area contributed by atoms with E-state index in [9.17, 15) is 4.79 Å². The Morgan fingerprint density at radius 3 is 2.37 bits per heavy atom. The molecule has 0 fully saturated rings. The second kappa shape index (κ2) is 7.82. The Balaban J connectivity index is 2.37. The van der Waals surface area contributed by atoms with Gasteiger partial charge in [0.05, 0.1) is 0 Å². The Hall–Kier alpha value is -1.51. The second-order valence-electron chi connectivity index (χ2n) is 5.27. The van der Waals surface area contributed by atoms with Crippen LogP contribution in [0.5, 0.6) is 5.75 Å². The molecule has 0 heterocycles. The summed E-state index contributed by atoms with van der Waals surface area (Å²) in [4.78, 5) is 11.6. The van der Waals surface area contributed by atoms with Crippen LogP contribution in [0.4, 0.5) is 0 Å². The third kappa shape index (κ3) is 5.77. The topological polar surface area (TPSA) is 38.3 Å². The van der Waals surface area contributed by atoms with Gasteiger partial charge in [-0.25, -0.2) is 0 Å². The van der Waals surface area contributed by atoms with Crippen LogP contribution in [0.15, 0.2) is 24.3 Å². The van der Waals surface area contributed by atoms with Crippen molar-refractivity contribution in [3.63, 3.8) is 0 Å². The summed E-state index contributed by atoms with van der Waals surface area (Å²) in [7, 11) is 0. The van der Waals surface area contributed by atoms with E-state index in [1.165, 1.54) is 5.56 Å². The Morgan fingerprint density at radius 2 is 1.84 bits per heavy atom. The summed E-state index contributed by atoms with van der Waals surface area (Å²) in [5.41, 5.74) is 1.27. The lowest BCUT2D eigenvalue weighted by atomic mass is 10.0. The van der Waals surface area contributed by atoms with Crippen LogP contribution >= 0.6 is 0 Å². The molecule has 0 aromatic heterocycles. The molecule has 1 rings (SSSR count). The third-order valence-electron chi connectivity index (χ3n) is 3.05. The van der Waals surface area contributed by atoms with Crippen LogP contribution in [0, 0.1) is 0 Å². The van der Waals surface area contributed by atoms with Crippen LogP contribution in [-0.4, -0.2) is 18.6 Å². The molecule has 106 valence electrons. The number of ether oxygens (including phenoxy) is 1. The number of hydrogen-bond acceptors (Lipinski definition) is 2. The molecule has 0 aliphatic carbocycles. The van der Waals surface area contributed by atoms with E-state index in [2.05, 4.69) is 26.1 Å². The molecule has 3 heteroatoms. The molecular weight excluding hydrogens is 238 g/mol. The number of carbonyl (C=O) groups is 1. The number of carbonyl (C=O) groups excluding carboxylic acids is 1. The van der Waals surface area contributed by atoms with E-state index >= 15 is 0 Å². The quantitative estimate of drug-likeness (QED) is 0.817. The number of hydrogen-bond donors (Lipinski definition) is 1. The van der Waals surface area contributed by atoms with Crippen molar-refractivity contribution in [2.45, 2.75) is 52.5 Å². The van der Waals surface area contributed by atoms with E-state index in [4.69, 9.17) is 4.74 Å². The monoisotopic (exact) mass is 263 g/mol. The predicted octanol–water partition coefficient (Wildman–Crippen LogP) is 3.49. The molecule has 0 saturated heterocycles. The van der Waals surface area contributed by atoms with Gasteiger partial charge in [0, 0.05) is 6.04 Å². The average molecular weight is 263 g/mol. The zero-order chi connectivity index (χ0) is 14.3. The molecule has 0 aliphatic heterocycles. The number of benzene rings is 1. The molecule has 0 radical (unpaired) electrons. The van der Waals surface area contributed by atoms with Gasteiger partial charge >= 0.3 is 0 Å². The van der Waals surface area contributed by atoms with E-state index in [0.717, 1.165) is 18.6 Å². The maximum atomic E-state index is 11.6. The molecule has 1 aromatic carbocycles. The van der Waals surface area contributed by atoms with Crippen molar-refractivity contribution in [3.8, 4) is 5.75 Å². The number of amides is 1. The molecule has 1 atom stereocenters. The zero-order valence-electron chi connectivity index (χ0n) is 12.4. The largest absolute Gasteiger partial charge is 0.484 e. The fourth-order valence-electron chi connectivity index (χ4n) is 1.92. The van der Waals surface area contributed by atoms with Gasteiger partial charge in [-0.3, -0.25) is 4.79 Å². The van der Waals surface area contributed by atoms with Gasteiger partial charge in [0.2, 0.25) is 0 Å². The van der Waals surface area contributed by atoms with E-state index < -0.39 is 0 Å². The van der Waals surface area contributed by atoms with E-state index in [0.29, 0.717) is 5.92 Å². The first-order chi connectivity index (χ1) is 9.02. The zero-order valence-corrected chi connectivity index (χ0v) is 12.4. The van der Waals surface area contributed by atoms with E-state index in [1.54, 1.807) is 0 Å². The normalized spacial score (nSPS) is 12.3. The Kier molecular flexibility index (Phi) is 6.40. The predicted molar refractivity (Wildman–Crippen MR) is 78.5 cm³/mol. The van der Waals surface area contributed by atoms with Crippen molar-refractivity contribution in [2.75, 3.05) is 6.61 Å². The number of nitrogens with one attached hydrogen (secondary N) is 1. The lowest BCUT2D eigenvalue weighted by molar-refractivity contribution is -0.123. The minimum atomic E-state index is -0.0612. The third-order valence-corrected chi connectivity index (χ3v) is 3.05. The molecule has 0 unspecified atom stereocenters. The standard InChI is InChI=1S/C16H25NO2/c1-5-6-13(4)17-16(18)11-19-15-9-7-14(8-10-15)12(2)3/h7-10,12-13H,5-6,11H2,1-4H3,(H,17,18)/t13-/m0/s1. The Morgan fingerprint density at radius 1 is 1.21 bits per heavy atom. The lowest BCUT2D eigenvalue weighted by Crippen LogP contribution is -2.35. The van der Waals surface area contributed by atoms with Gasteiger partial charge in [-0.05, 0) is 37.0 Å². The molecule has 1 amide bonds. The van der Waals surface area contributed by atoms with Gasteiger partial charge in [0.15, 0.2) is 6.61 Å². The smallest absolute Gasteiger partial charge is 0.258 e.